The molecule has 0 aliphatic carbocycles. The Morgan fingerprint density at radius 1 is 1.21 bits per heavy atom. The number of carboxylic acids is 1. The second kappa shape index (κ2) is 12.9. The summed E-state index contributed by atoms with van der Waals surface area (Å²) in [6.45, 7) is 11.1. The zero-order valence-electron chi connectivity index (χ0n) is 14.5. The van der Waals surface area contributed by atoms with E-state index < -0.39 is 5.97 Å². The minimum Gasteiger partial charge on any atom is -0.478 e. The second-order valence-electron chi connectivity index (χ2n) is 5.20. The average molecular weight is 330 g/mol. The smallest absolute Gasteiger partial charge is 0.333 e. The van der Waals surface area contributed by atoms with Crippen molar-refractivity contribution in [1.82, 2.24) is 0 Å². The van der Waals surface area contributed by atoms with Crippen LogP contribution in [0.25, 0.3) is 6.08 Å². The third kappa shape index (κ3) is 11.0. The van der Waals surface area contributed by atoms with Crippen molar-refractivity contribution in [3.05, 3.63) is 66.3 Å². The summed E-state index contributed by atoms with van der Waals surface area (Å²) in [7, 11) is 0. The minimum absolute atomic E-state index is 0.206. The molecule has 1 aromatic rings. The van der Waals surface area contributed by atoms with Crippen LogP contribution in [0, 0.1) is 0 Å². The maximum Gasteiger partial charge on any atom is 0.333 e. The molecule has 0 saturated carbocycles. The first kappa shape index (κ1) is 21.4. The van der Waals surface area contributed by atoms with Crippen molar-refractivity contribution in [1.29, 1.82) is 0 Å². The number of carbonyl (C=O) groups is 2. The molecule has 4 heteroatoms. The van der Waals surface area contributed by atoms with E-state index in [1.807, 2.05) is 36.4 Å². The Labute approximate surface area is 144 Å². The standard InChI is InChI=1S/C12H12O2.C8H14O2/c1-10(12(13)14)6-5-9-11-7-3-2-4-8-11;1-4-5-6-10-8(9)7(2)3/h2-5,7-9H,1,6H2,(H,13,14);2,4-6H2,1,3H3. The van der Waals surface area contributed by atoms with Crippen LogP contribution in [0.2, 0.25) is 0 Å². The van der Waals surface area contributed by atoms with Crippen LogP contribution >= 0.6 is 0 Å². The summed E-state index contributed by atoms with van der Waals surface area (Å²) in [5, 5.41) is 8.55. The topological polar surface area (TPSA) is 63.6 Å². The summed E-state index contributed by atoms with van der Waals surface area (Å²) in [6, 6.07) is 9.73. The number of hydrogen-bond acceptors (Lipinski definition) is 3. The van der Waals surface area contributed by atoms with Crippen molar-refractivity contribution in [2.75, 3.05) is 6.61 Å². The molecule has 0 bridgehead atoms. The third-order valence-corrected chi connectivity index (χ3v) is 2.86. The lowest BCUT2D eigenvalue weighted by Crippen LogP contribution is -2.05. The van der Waals surface area contributed by atoms with E-state index in [2.05, 4.69) is 20.1 Å². The molecule has 1 rings (SSSR count). The van der Waals surface area contributed by atoms with Crippen molar-refractivity contribution in [2.24, 2.45) is 0 Å². The largest absolute Gasteiger partial charge is 0.478 e. The van der Waals surface area contributed by atoms with Crippen LogP contribution in [0.15, 0.2) is 60.7 Å². The fourth-order valence-corrected chi connectivity index (χ4v) is 1.42. The highest BCUT2D eigenvalue weighted by Crippen LogP contribution is 2.05. The second-order valence-corrected chi connectivity index (χ2v) is 5.20. The van der Waals surface area contributed by atoms with Gasteiger partial charge in [0.05, 0.1) is 6.61 Å². The Hall–Kier alpha value is -2.62. The Bertz CT molecular complexity index is 571. The molecule has 0 unspecified atom stereocenters. The molecule has 1 N–H and O–H groups in total. The Morgan fingerprint density at radius 2 is 1.83 bits per heavy atom. The van der Waals surface area contributed by atoms with Gasteiger partial charge in [-0.3, -0.25) is 0 Å². The molecular formula is C20H26O4. The summed E-state index contributed by atoms with van der Waals surface area (Å²) in [4.78, 5) is 21.1. The lowest BCUT2D eigenvalue weighted by Gasteiger charge is -2.01. The highest BCUT2D eigenvalue weighted by Gasteiger charge is 2.00. The van der Waals surface area contributed by atoms with Crippen molar-refractivity contribution in [2.45, 2.75) is 33.1 Å². The summed E-state index contributed by atoms with van der Waals surface area (Å²) >= 11 is 0. The van der Waals surface area contributed by atoms with Crippen LogP contribution in [0.1, 0.15) is 38.7 Å². The quantitative estimate of drug-likeness (QED) is 0.428. The van der Waals surface area contributed by atoms with Crippen LogP contribution < -0.4 is 0 Å². The van der Waals surface area contributed by atoms with Crippen LogP contribution in [-0.4, -0.2) is 23.7 Å². The first-order valence-corrected chi connectivity index (χ1v) is 7.83. The molecule has 0 aliphatic rings. The molecule has 130 valence electrons. The molecule has 0 fully saturated rings. The molecule has 0 spiro atoms. The number of benzene rings is 1. The van der Waals surface area contributed by atoms with E-state index in [9.17, 15) is 9.59 Å². The van der Waals surface area contributed by atoms with Crippen molar-refractivity contribution in [3.8, 4) is 0 Å². The number of ether oxygens (including phenoxy) is 1. The average Bonchev–Trinajstić information content (AvgIpc) is 2.56. The zero-order chi connectivity index (χ0) is 18.4. The van der Waals surface area contributed by atoms with Gasteiger partial charge in [-0.1, -0.05) is 69.0 Å². The van der Waals surface area contributed by atoms with Crippen LogP contribution in [-0.2, 0) is 14.3 Å². The minimum atomic E-state index is -0.942. The van der Waals surface area contributed by atoms with Gasteiger partial charge in [-0.15, -0.1) is 0 Å². The van der Waals surface area contributed by atoms with E-state index in [0.29, 0.717) is 18.6 Å². The van der Waals surface area contributed by atoms with E-state index in [-0.39, 0.29) is 11.5 Å². The molecular weight excluding hydrogens is 304 g/mol. The van der Waals surface area contributed by atoms with Crippen molar-refractivity contribution in [3.63, 3.8) is 0 Å². The molecule has 24 heavy (non-hydrogen) atoms. The predicted molar refractivity (Wildman–Crippen MR) is 97.5 cm³/mol. The molecule has 0 aliphatic heterocycles. The summed E-state index contributed by atoms with van der Waals surface area (Å²) in [6.07, 6.45) is 6.03. The van der Waals surface area contributed by atoms with Gasteiger partial charge in [0.15, 0.2) is 0 Å². The van der Waals surface area contributed by atoms with E-state index in [0.717, 1.165) is 18.4 Å². The summed E-state index contributed by atoms with van der Waals surface area (Å²) in [5.74, 6) is -1.23. The highest BCUT2D eigenvalue weighted by atomic mass is 16.5. The van der Waals surface area contributed by atoms with Gasteiger partial charge in [0.25, 0.3) is 0 Å². The lowest BCUT2D eigenvalue weighted by atomic mass is 10.1. The van der Waals surface area contributed by atoms with Crippen LogP contribution in [0.5, 0.6) is 0 Å². The van der Waals surface area contributed by atoms with Gasteiger partial charge in [0.1, 0.15) is 0 Å². The Morgan fingerprint density at radius 3 is 2.33 bits per heavy atom. The highest BCUT2D eigenvalue weighted by molar-refractivity contribution is 5.87. The van der Waals surface area contributed by atoms with Gasteiger partial charge in [0.2, 0.25) is 0 Å². The fourth-order valence-electron chi connectivity index (χ4n) is 1.42. The maximum atomic E-state index is 10.7. The van der Waals surface area contributed by atoms with Gasteiger partial charge >= 0.3 is 11.9 Å². The van der Waals surface area contributed by atoms with E-state index >= 15 is 0 Å². The van der Waals surface area contributed by atoms with Crippen LogP contribution in [0.4, 0.5) is 0 Å². The van der Waals surface area contributed by atoms with Gasteiger partial charge < -0.3 is 9.84 Å². The molecule has 0 heterocycles. The molecule has 0 aromatic heterocycles. The number of carboxylic acid groups (broad SMARTS) is 1. The SMILES string of the molecule is C=C(C)C(=O)OCCCC.C=C(CC=Cc1ccccc1)C(=O)O. The van der Waals surface area contributed by atoms with Crippen LogP contribution in [0.3, 0.4) is 0 Å². The molecule has 0 radical (unpaired) electrons. The molecule has 4 nitrogen and oxygen atoms in total. The third-order valence-electron chi connectivity index (χ3n) is 2.86. The first-order chi connectivity index (χ1) is 11.4. The number of rotatable bonds is 8. The number of unbranched alkanes of at least 4 members (excludes halogenated alkanes) is 1. The van der Waals surface area contributed by atoms with E-state index in [1.54, 1.807) is 13.0 Å². The van der Waals surface area contributed by atoms with E-state index in [4.69, 9.17) is 9.84 Å². The van der Waals surface area contributed by atoms with Crippen molar-refractivity contribution >= 4 is 18.0 Å². The Balaban J connectivity index is 0.000000470. The molecule has 0 amide bonds. The number of hydrogen-bond donors (Lipinski definition) is 1. The van der Waals surface area contributed by atoms with Gasteiger partial charge in [-0.2, -0.15) is 0 Å². The predicted octanol–water partition coefficient (Wildman–Crippen LogP) is 4.64. The van der Waals surface area contributed by atoms with Gasteiger partial charge in [0, 0.05) is 11.1 Å². The number of carbonyl (C=O) groups excluding carboxylic acids is 1. The summed E-state index contributed by atoms with van der Waals surface area (Å²) in [5.41, 5.74) is 1.74. The Kier molecular flexibility index (Phi) is 11.5. The zero-order valence-corrected chi connectivity index (χ0v) is 14.5. The number of esters is 1. The first-order valence-electron chi connectivity index (χ1n) is 7.83. The number of aliphatic carboxylic acids is 1. The normalized spacial score (nSPS) is 9.75. The van der Waals surface area contributed by atoms with Gasteiger partial charge in [-0.25, -0.2) is 9.59 Å². The molecule has 0 atom stereocenters. The molecule has 1 aromatic carbocycles. The maximum absolute atomic E-state index is 10.7. The van der Waals surface area contributed by atoms with Crippen molar-refractivity contribution < 1.29 is 19.4 Å². The monoisotopic (exact) mass is 330 g/mol. The van der Waals surface area contributed by atoms with E-state index in [1.165, 1.54) is 0 Å². The number of allylic oxidation sites excluding steroid dienone is 1. The van der Waals surface area contributed by atoms with Gasteiger partial charge in [-0.05, 0) is 25.3 Å². The molecule has 0 saturated heterocycles. The summed E-state index contributed by atoms with van der Waals surface area (Å²) < 4.78 is 4.81. The fraction of sp³-hybridized carbons (Fsp3) is 0.300. The lowest BCUT2D eigenvalue weighted by molar-refractivity contribution is -0.139.